The molecule has 0 N–H and O–H groups in total. The molecule has 11 nitrogen and oxygen atoms in total. The predicted molar refractivity (Wildman–Crippen MR) is 78.3 cm³/mol. The van der Waals surface area contributed by atoms with Crippen LogP contribution in [0.25, 0.3) is 0 Å². The number of nitrogens with zero attached hydrogens (tertiary/aromatic N) is 5. The third-order valence-electron chi connectivity index (χ3n) is 5.80. The molecule has 1 aromatic rings. The first-order valence-electron chi connectivity index (χ1n) is 7.87. The van der Waals surface area contributed by atoms with Crippen molar-refractivity contribution in [2.75, 3.05) is 0 Å². The summed E-state index contributed by atoms with van der Waals surface area (Å²) in [7, 11) is 0. The molecule has 1 heterocycles. The maximum absolute atomic E-state index is 11.5. The molecule has 1 aromatic heterocycles. The van der Waals surface area contributed by atoms with Gasteiger partial charge in [-0.15, -0.1) is 0 Å². The molecular formula is C13H15N5O6. The first-order chi connectivity index (χ1) is 11.3. The fourth-order valence-electron chi connectivity index (χ4n) is 5.49. The minimum Gasteiger partial charge on any atom is -0.358 e. The average molecular weight is 337 g/mol. The summed E-state index contributed by atoms with van der Waals surface area (Å²) in [4.78, 5) is 30.9. The van der Waals surface area contributed by atoms with Crippen molar-refractivity contribution in [3.05, 3.63) is 30.3 Å². The summed E-state index contributed by atoms with van der Waals surface area (Å²) in [5.74, 6) is -0.648. The highest BCUT2D eigenvalue weighted by Crippen LogP contribution is 2.60. The van der Waals surface area contributed by atoms with Gasteiger partial charge in [-0.2, -0.15) is 0 Å². The largest absolute Gasteiger partial charge is 0.498 e. The molecule has 11 heteroatoms. The van der Waals surface area contributed by atoms with Crippen molar-refractivity contribution < 1.29 is 14.8 Å². The van der Waals surface area contributed by atoms with Gasteiger partial charge in [-0.25, -0.2) is 0 Å². The van der Waals surface area contributed by atoms with Crippen LogP contribution in [-0.2, 0) is 5.54 Å². The van der Waals surface area contributed by atoms with Crippen molar-refractivity contribution in [3.63, 3.8) is 0 Å². The van der Waals surface area contributed by atoms with Crippen LogP contribution >= 0.6 is 0 Å². The molecule has 4 aliphatic carbocycles. The van der Waals surface area contributed by atoms with Crippen molar-refractivity contribution in [3.8, 4) is 0 Å². The highest BCUT2D eigenvalue weighted by molar-refractivity contribution is 5.60. The molecule has 5 rings (SSSR count). The smallest absolute Gasteiger partial charge is 0.358 e. The molecule has 24 heavy (non-hydrogen) atoms. The summed E-state index contributed by atoms with van der Waals surface area (Å²) in [5, 5.41) is 37.6. The van der Waals surface area contributed by atoms with E-state index >= 15 is 0 Å². The Hall–Kier alpha value is -2.59. The van der Waals surface area contributed by atoms with Crippen LogP contribution in [0.2, 0.25) is 0 Å². The molecule has 0 saturated heterocycles. The Kier molecular flexibility index (Phi) is 2.94. The van der Waals surface area contributed by atoms with E-state index < -0.39 is 37.6 Å². The molecule has 0 radical (unpaired) electrons. The van der Waals surface area contributed by atoms with Crippen molar-refractivity contribution in [1.29, 1.82) is 0 Å². The van der Waals surface area contributed by atoms with E-state index in [9.17, 15) is 30.3 Å². The lowest BCUT2D eigenvalue weighted by Crippen LogP contribution is -2.52. The number of nitro groups is 3. The number of aromatic nitrogens is 2. The topological polar surface area (TPSA) is 147 Å². The van der Waals surface area contributed by atoms with Gasteiger partial charge in [-0.1, -0.05) is 0 Å². The molecule has 0 amide bonds. The molecular weight excluding hydrogens is 322 g/mol. The first-order valence-corrected chi connectivity index (χ1v) is 7.87. The fourth-order valence-corrected chi connectivity index (χ4v) is 5.49. The van der Waals surface area contributed by atoms with Gasteiger partial charge in [0, 0.05) is 0 Å². The lowest BCUT2D eigenvalue weighted by Gasteiger charge is -2.53. The monoisotopic (exact) mass is 337 g/mol. The lowest BCUT2D eigenvalue weighted by atomic mass is 9.53. The van der Waals surface area contributed by atoms with Crippen LogP contribution in [0.5, 0.6) is 0 Å². The summed E-state index contributed by atoms with van der Waals surface area (Å²) in [5.41, 5.74) is -1.81. The van der Waals surface area contributed by atoms with Gasteiger partial charge in [-0.05, 0) is 70.8 Å². The zero-order chi connectivity index (χ0) is 17.2. The van der Waals surface area contributed by atoms with E-state index in [1.165, 1.54) is 0 Å². The molecule has 0 unspecified atom stereocenters. The molecule has 4 saturated carbocycles. The van der Waals surface area contributed by atoms with Crippen molar-refractivity contribution in [2.24, 2.45) is 17.8 Å². The van der Waals surface area contributed by atoms with Gasteiger partial charge in [-0.3, -0.25) is 10.1 Å². The summed E-state index contributed by atoms with van der Waals surface area (Å²) >= 11 is 0. The Morgan fingerprint density at radius 1 is 0.875 bits per heavy atom. The number of hydrogen-bond acceptors (Lipinski definition) is 7. The minimum atomic E-state index is -1.11. The van der Waals surface area contributed by atoms with E-state index in [-0.39, 0.29) is 0 Å². The van der Waals surface area contributed by atoms with Crippen LogP contribution in [-0.4, -0.2) is 24.6 Å². The Labute approximate surface area is 135 Å². The molecule has 128 valence electrons. The Morgan fingerprint density at radius 3 is 1.75 bits per heavy atom. The SMILES string of the molecule is O=[N+]([O-])c1nn(C23CC4CC(CC(C4)C2)C3)c([N+](=O)[O-])c1[N+](=O)[O-]. The lowest BCUT2D eigenvalue weighted by molar-refractivity contribution is -0.442. The van der Waals surface area contributed by atoms with E-state index in [4.69, 9.17) is 0 Å². The van der Waals surface area contributed by atoms with Crippen LogP contribution in [0.1, 0.15) is 38.5 Å². The second-order valence-electron chi connectivity index (χ2n) is 7.32. The van der Waals surface area contributed by atoms with Crippen LogP contribution in [0.15, 0.2) is 0 Å². The average Bonchev–Trinajstić information content (AvgIpc) is 2.87. The zero-order valence-corrected chi connectivity index (χ0v) is 12.7. The minimum absolute atomic E-state index is 0.415. The molecule has 0 atom stereocenters. The maximum Gasteiger partial charge on any atom is 0.498 e. The quantitative estimate of drug-likeness (QED) is 0.605. The van der Waals surface area contributed by atoms with Gasteiger partial charge in [0.05, 0.1) is 4.92 Å². The highest BCUT2D eigenvalue weighted by atomic mass is 16.7. The van der Waals surface area contributed by atoms with Crippen molar-refractivity contribution >= 4 is 17.3 Å². The first kappa shape index (κ1) is 15.0. The van der Waals surface area contributed by atoms with E-state index in [1.54, 1.807) is 0 Å². The summed E-state index contributed by atoms with van der Waals surface area (Å²) in [6, 6.07) is 0. The molecule has 0 aliphatic heterocycles. The van der Waals surface area contributed by atoms with Crippen LogP contribution in [0.3, 0.4) is 0 Å². The van der Waals surface area contributed by atoms with Gasteiger partial charge in [0.25, 0.3) is 0 Å². The van der Waals surface area contributed by atoms with Gasteiger partial charge in [0.1, 0.15) is 0 Å². The van der Waals surface area contributed by atoms with Crippen LogP contribution in [0.4, 0.5) is 17.3 Å². The second kappa shape index (κ2) is 4.71. The Balaban J connectivity index is 1.92. The molecule has 0 aromatic carbocycles. The fraction of sp³-hybridized carbons (Fsp3) is 0.769. The van der Waals surface area contributed by atoms with Crippen molar-refractivity contribution in [2.45, 2.75) is 44.1 Å². The summed E-state index contributed by atoms with van der Waals surface area (Å²) in [6.45, 7) is 0. The van der Waals surface area contributed by atoms with Crippen molar-refractivity contribution in [1.82, 2.24) is 9.78 Å². The van der Waals surface area contributed by atoms with E-state index in [0.717, 1.165) is 23.9 Å². The maximum atomic E-state index is 11.5. The molecule has 4 fully saturated rings. The third-order valence-corrected chi connectivity index (χ3v) is 5.80. The standard InChI is InChI=1S/C13H15N5O6/c19-16(20)10-11(17(21)22)14-15(12(10)18(23)24)13-4-7-1-8(5-13)3-9(2-7)6-13/h7-9H,1-6H2. The van der Waals surface area contributed by atoms with Crippen LogP contribution in [0, 0.1) is 48.1 Å². The predicted octanol–water partition coefficient (Wildman–Crippen LogP) is 2.53. The van der Waals surface area contributed by atoms with E-state index in [0.29, 0.717) is 37.0 Å². The summed E-state index contributed by atoms with van der Waals surface area (Å²) < 4.78 is 1.02. The molecule has 4 bridgehead atoms. The molecule has 4 aliphatic rings. The van der Waals surface area contributed by atoms with E-state index in [2.05, 4.69) is 5.10 Å². The molecule has 0 spiro atoms. The van der Waals surface area contributed by atoms with E-state index in [1.807, 2.05) is 0 Å². The Bertz CT molecular complexity index is 736. The highest BCUT2D eigenvalue weighted by Gasteiger charge is 2.61. The van der Waals surface area contributed by atoms with Gasteiger partial charge < -0.3 is 20.2 Å². The van der Waals surface area contributed by atoms with Gasteiger partial charge in [0.2, 0.25) is 0 Å². The van der Waals surface area contributed by atoms with Gasteiger partial charge in [0.15, 0.2) is 10.6 Å². The Morgan fingerprint density at radius 2 is 1.38 bits per heavy atom. The van der Waals surface area contributed by atoms with Crippen LogP contribution < -0.4 is 0 Å². The number of hydrogen-bond donors (Lipinski definition) is 0. The second-order valence-corrected chi connectivity index (χ2v) is 7.32. The normalized spacial score (nSPS) is 33.6. The van der Waals surface area contributed by atoms with Gasteiger partial charge >= 0.3 is 17.3 Å². The summed E-state index contributed by atoms with van der Waals surface area (Å²) in [6.07, 6.45) is 5.15. The third kappa shape index (κ3) is 1.93. The number of rotatable bonds is 4. The zero-order valence-electron chi connectivity index (χ0n) is 12.7.